The van der Waals surface area contributed by atoms with Crippen molar-refractivity contribution >= 4 is 29.9 Å². The molecule has 2 N–H and O–H groups in total. The highest BCUT2D eigenvalue weighted by Crippen LogP contribution is 2.27. The number of ether oxygens (including phenoxy) is 3. The van der Waals surface area contributed by atoms with Gasteiger partial charge in [-0.2, -0.15) is 0 Å². The molecule has 0 aliphatic carbocycles. The van der Waals surface area contributed by atoms with E-state index in [1.165, 1.54) is 5.56 Å². The van der Waals surface area contributed by atoms with Crippen molar-refractivity contribution in [1.82, 2.24) is 10.6 Å². The third-order valence-electron chi connectivity index (χ3n) is 4.45. The summed E-state index contributed by atoms with van der Waals surface area (Å²) in [6.45, 7) is 5.32. The van der Waals surface area contributed by atoms with Crippen LogP contribution in [0.2, 0.25) is 0 Å². The van der Waals surface area contributed by atoms with Crippen molar-refractivity contribution in [2.75, 3.05) is 33.4 Å². The fourth-order valence-corrected chi connectivity index (χ4v) is 3.02. The zero-order valence-electron chi connectivity index (χ0n) is 17.0. The van der Waals surface area contributed by atoms with Gasteiger partial charge in [-0.3, -0.25) is 0 Å². The lowest BCUT2D eigenvalue weighted by molar-refractivity contribution is 0.146. The van der Waals surface area contributed by atoms with Crippen LogP contribution in [0.1, 0.15) is 18.1 Å². The summed E-state index contributed by atoms with van der Waals surface area (Å²) in [5.74, 6) is 2.62. The predicted octanol–water partition coefficient (Wildman–Crippen LogP) is 3.39. The Morgan fingerprint density at radius 2 is 1.90 bits per heavy atom. The van der Waals surface area contributed by atoms with Crippen LogP contribution in [0.25, 0.3) is 0 Å². The molecule has 7 heteroatoms. The largest absolute Gasteiger partial charge is 0.491 e. The lowest BCUT2D eigenvalue weighted by Crippen LogP contribution is -2.42. The molecule has 1 unspecified atom stereocenters. The molecule has 2 aromatic rings. The second-order valence-corrected chi connectivity index (χ2v) is 6.61. The first kappa shape index (κ1) is 23.3. The van der Waals surface area contributed by atoms with E-state index >= 15 is 0 Å². The lowest BCUT2D eigenvalue weighted by Gasteiger charge is -2.15. The molecule has 158 valence electrons. The molecule has 0 amide bonds. The molecular formula is C22H30IN3O3. The maximum absolute atomic E-state index is 5.98. The van der Waals surface area contributed by atoms with Crippen molar-refractivity contribution in [2.45, 2.75) is 26.0 Å². The Morgan fingerprint density at radius 1 is 1.10 bits per heavy atom. The molecule has 0 aromatic heterocycles. The van der Waals surface area contributed by atoms with Crippen LogP contribution in [0.3, 0.4) is 0 Å². The van der Waals surface area contributed by atoms with Gasteiger partial charge < -0.3 is 24.8 Å². The van der Waals surface area contributed by atoms with E-state index in [4.69, 9.17) is 14.2 Å². The van der Waals surface area contributed by atoms with Crippen molar-refractivity contribution in [2.24, 2.45) is 4.99 Å². The van der Waals surface area contributed by atoms with Gasteiger partial charge in [0.05, 0.1) is 19.7 Å². The van der Waals surface area contributed by atoms with E-state index in [0.29, 0.717) is 26.3 Å². The number of guanidine groups is 1. The summed E-state index contributed by atoms with van der Waals surface area (Å²) in [5, 5.41) is 6.68. The molecule has 3 rings (SSSR count). The highest BCUT2D eigenvalue weighted by atomic mass is 127. The molecule has 1 aliphatic heterocycles. The normalized spacial score (nSPS) is 15.1. The van der Waals surface area contributed by atoms with Crippen LogP contribution in [0.5, 0.6) is 11.5 Å². The number of methoxy groups -OCH3 is 1. The number of benzene rings is 2. The van der Waals surface area contributed by atoms with Gasteiger partial charge in [-0.25, -0.2) is 4.99 Å². The zero-order valence-corrected chi connectivity index (χ0v) is 19.3. The standard InChI is InChI=1S/C22H29N3O3.HI/c1-3-23-22(25-16-20-14-18-6-4-5-7-21(18)28-20)24-15-17-8-10-19(11-9-17)27-13-12-26-2;/h4-11,20H,3,12-16H2,1-2H3,(H2,23,24,25);1H. The number of nitrogens with zero attached hydrogens (tertiary/aromatic N) is 1. The number of rotatable bonds is 9. The second-order valence-electron chi connectivity index (χ2n) is 6.61. The molecular weight excluding hydrogens is 481 g/mol. The van der Waals surface area contributed by atoms with Crippen LogP contribution < -0.4 is 20.1 Å². The van der Waals surface area contributed by atoms with Gasteiger partial charge in [0.1, 0.15) is 24.2 Å². The van der Waals surface area contributed by atoms with E-state index in [0.717, 1.165) is 36.0 Å². The second kappa shape index (κ2) is 12.5. The quantitative estimate of drug-likeness (QED) is 0.234. The number of halogens is 1. The molecule has 29 heavy (non-hydrogen) atoms. The molecule has 1 heterocycles. The molecule has 0 radical (unpaired) electrons. The third-order valence-corrected chi connectivity index (χ3v) is 4.45. The first-order valence-corrected chi connectivity index (χ1v) is 9.76. The summed E-state index contributed by atoms with van der Waals surface area (Å²) < 4.78 is 16.6. The molecule has 0 bridgehead atoms. The number of hydrogen-bond donors (Lipinski definition) is 2. The molecule has 0 fully saturated rings. The molecule has 0 saturated heterocycles. The minimum atomic E-state index is 0. The minimum absolute atomic E-state index is 0. The van der Waals surface area contributed by atoms with E-state index in [2.05, 4.69) is 34.7 Å². The van der Waals surface area contributed by atoms with Gasteiger partial charge in [0.25, 0.3) is 0 Å². The van der Waals surface area contributed by atoms with Crippen molar-refractivity contribution in [1.29, 1.82) is 0 Å². The van der Waals surface area contributed by atoms with E-state index in [1.54, 1.807) is 7.11 Å². The number of nitrogens with one attached hydrogen (secondary N) is 2. The molecule has 2 aromatic carbocycles. The van der Waals surface area contributed by atoms with Gasteiger partial charge in [0, 0.05) is 20.1 Å². The Bertz CT molecular complexity index is 743. The topological polar surface area (TPSA) is 64.1 Å². The summed E-state index contributed by atoms with van der Waals surface area (Å²) in [7, 11) is 1.66. The van der Waals surface area contributed by atoms with E-state index < -0.39 is 0 Å². The number of hydrogen-bond acceptors (Lipinski definition) is 4. The molecule has 1 aliphatic rings. The van der Waals surface area contributed by atoms with Gasteiger partial charge in [-0.05, 0) is 36.2 Å². The SMILES string of the molecule is CCNC(=NCc1ccc(OCCOC)cc1)NCC1Cc2ccccc2O1.I. The van der Waals surface area contributed by atoms with E-state index in [9.17, 15) is 0 Å². The molecule has 0 saturated carbocycles. The zero-order chi connectivity index (χ0) is 19.6. The third kappa shape index (κ3) is 7.40. The Labute approximate surface area is 190 Å². The van der Waals surface area contributed by atoms with Crippen LogP contribution in [-0.4, -0.2) is 45.5 Å². The summed E-state index contributed by atoms with van der Waals surface area (Å²) >= 11 is 0. The van der Waals surface area contributed by atoms with Crippen LogP contribution in [0.4, 0.5) is 0 Å². The summed E-state index contributed by atoms with van der Waals surface area (Å²) in [6, 6.07) is 16.2. The van der Waals surface area contributed by atoms with Crippen molar-refractivity contribution in [3.8, 4) is 11.5 Å². The lowest BCUT2D eigenvalue weighted by atomic mass is 10.1. The Morgan fingerprint density at radius 3 is 2.62 bits per heavy atom. The van der Waals surface area contributed by atoms with Crippen LogP contribution in [-0.2, 0) is 17.7 Å². The maximum atomic E-state index is 5.98. The first-order valence-electron chi connectivity index (χ1n) is 9.76. The number of para-hydroxylation sites is 1. The maximum Gasteiger partial charge on any atom is 0.191 e. The highest BCUT2D eigenvalue weighted by Gasteiger charge is 2.22. The Balaban J connectivity index is 0.00000300. The van der Waals surface area contributed by atoms with Gasteiger partial charge in [-0.15, -0.1) is 24.0 Å². The molecule has 0 spiro atoms. The van der Waals surface area contributed by atoms with E-state index in [-0.39, 0.29) is 30.1 Å². The summed E-state index contributed by atoms with van der Waals surface area (Å²) in [5.41, 5.74) is 2.39. The fraction of sp³-hybridized carbons (Fsp3) is 0.409. The summed E-state index contributed by atoms with van der Waals surface area (Å²) in [4.78, 5) is 4.68. The van der Waals surface area contributed by atoms with Crippen molar-refractivity contribution in [3.05, 3.63) is 59.7 Å². The van der Waals surface area contributed by atoms with Gasteiger partial charge in [0.2, 0.25) is 0 Å². The Hall–Kier alpha value is -2.00. The van der Waals surface area contributed by atoms with Crippen LogP contribution >= 0.6 is 24.0 Å². The average Bonchev–Trinajstić information content (AvgIpc) is 3.14. The van der Waals surface area contributed by atoms with Crippen LogP contribution in [0, 0.1) is 0 Å². The van der Waals surface area contributed by atoms with Crippen molar-refractivity contribution in [3.63, 3.8) is 0 Å². The van der Waals surface area contributed by atoms with Gasteiger partial charge in [0.15, 0.2) is 5.96 Å². The molecule has 6 nitrogen and oxygen atoms in total. The smallest absolute Gasteiger partial charge is 0.191 e. The van der Waals surface area contributed by atoms with Crippen LogP contribution in [0.15, 0.2) is 53.5 Å². The highest BCUT2D eigenvalue weighted by molar-refractivity contribution is 14.0. The minimum Gasteiger partial charge on any atom is -0.491 e. The van der Waals surface area contributed by atoms with Crippen molar-refractivity contribution < 1.29 is 14.2 Å². The molecule has 1 atom stereocenters. The number of aliphatic imine (C=N–C) groups is 1. The Kier molecular flexibility index (Phi) is 10.1. The predicted molar refractivity (Wildman–Crippen MR) is 127 cm³/mol. The van der Waals surface area contributed by atoms with Gasteiger partial charge in [-0.1, -0.05) is 30.3 Å². The fourth-order valence-electron chi connectivity index (χ4n) is 3.02. The van der Waals surface area contributed by atoms with Gasteiger partial charge >= 0.3 is 0 Å². The van der Waals surface area contributed by atoms with E-state index in [1.807, 2.05) is 36.4 Å². The first-order chi connectivity index (χ1) is 13.8. The number of fused-ring (bicyclic) bond motifs is 1. The average molecular weight is 511 g/mol. The monoisotopic (exact) mass is 511 g/mol. The summed E-state index contributed by atoms with van der Waals surface area (Å²) in [6.07, 6.45) is 1.05.